The molecule has 0 fully saturated rings. The van der Waals surface area contributed by atoms with Gasteiger partial charge in [-0.3, -0.25) is 0 Å². The minimum absolute atomic E-state index is 0.0408. The van der Waals surface area contributed by atoms with Crippen molar-refractivity contribution in [2.45, 2.75) is 29.7 Å². The topological polar surface area (TPSA) is 39.2 Å². The smallest absolute Gasteiger partial charge is 0.114 e. The first kappa shape index (κ1) is 12.7. The van der Waals surface area contributed by atoms with E-state index in [9.17, 15) is 0 Å². The second-order valence-corrected chi connectivity index (χ2v) is 5.88. The summed E-state index contributed by atoms with van der Waals surface area (Å²) in [6.45, 7) is 3.95. The Labute approximate surface area is 114 Å². The molecular weight excluding hydrogens is 298 g/mol. The van der Waals surface area contributed by atoms with Gasteiger partial charge in [0.1, 0.15) is 5.76 Å². The molecule has 4 heteroatoms. The average Bonchev–Trinajstić information content (AvgIpc) is 2.64. The van der Waals surface area contributed by atoms with Crippen molar-refractivity contribution in [3.8, 4) is 0 Å². The van der Waals surface area contributed by atoms with Crippen molar-refractivity contribution in [1.29, 1.82) is 0 Å². The van der Waals surface area contributed by atoms with Crippen LogP contribution >= 0.6 is 27.7 Å². The number of benzene rings is 1. The van der Waals surface area contributed by atoms with Crippen molar-refractivity contribution in [2.24, 2.45) is 5.73 Å². The van der Waals surface area contributed by atoms with Gasteiger partial charge in [-0.25, -0.2) is 0 Å². The number of halogens is 1. The monoisotopic (exact) mass is 311 g/mol. The van der Waals surface area contributed by atoms with Crippen molar-refractivity contribution >= 4 is 27.7 Å². The molecule has 1 aromatic heterocycles. The molecule has 1 atom stereocenters. The van der Waals surface area contributed by atoms with Crippen LogP contribution in [0, 0.1) is 6.92 Å². The van der Waals surface area contributed by atoms with Crippen LogP contribution in [-0.4, -0.2) is 0 Å². The van der Waals surface area contributed by atoms with Crippen LogP contribution in [0.15, 0.2) is 49.2 Å². The van der Waals surface area contributed by atoms with Gasteiger partial charge in [0.25, 0.3) is 0 Å². The fourth-order valence-electron chi connectivity index (χ4n) is 1.55. The van der Waals surface area contributed by atoms with E-state index in [1.54, 1.807) is 18.0 Å². The van der Waals surface area contributed by atoms with E-state index in [2.05, 4.69) is 34.1 Å². The van der Waals surface area contributed by atoms with Crippen LogP contribution in [0.5, 0.6) is 0 Å². The van der Waals surface area contributed by atoms with Gasteiger partial charge in [0.2, 0.25) is 0 Å². The molecule has 2 nitrogen and oxygen atoms in total. The van der Waals surface area contributed by atoms with Crippen LogP contribution in [0.3, 0.4) is 0 Å². The van der Waals surface area contributed by atoms with Gasteiger partial charge in [-0.15, -0.1) is 0 Å². The minimum atomic E-state index is 0.0408. The maximum Gasteiger partial charge on any atom is 0.114 e. The Kier molecular flexibility index (Phi) is 3.97. The number of aryl methyl sites for hydroxylation is 1. The summed E-state index contributed by atoms with van der Waals surface area (Å²) in [4.78, 5) is 2.32. The summed E-state index contributed by atoms with van der Waals surface area (Å²) in [6, 6.07) is 8.26. The van der Waals surface area contributed by atoms with Crippen molar-refractivity contribution < 1.29 is 4.42 Å². The lowest BCUT2D eigenvalue weighted by Gasteiger charge is -2.09. The van der Waals surface area contributed by atoms with Gasteiger partial charge in [0.05, 0.1) is 11.2 Å². The zero-order valence-electron chi connectivity index (χ0n) is 9.74. The molecular formula is C13H14BrNOS. The highest BCUT2D eigenvalue weighted by Gasteiger charge is 2.08. The predicted molar refractivity (Wildman–Crippen MR) is 74.3 cm³/mol. The van der Waals surface area contributed by atoms with Gasteiger partial charge in [-0.2, -0.15) is 0 Å². The number of furan rings is 1. The Morgan fingerprint density at radius 1 is 1.35 bits per heavy atom. The molecule has 0 amide bonds. The van der Waals surface area contributed by atoms with E-state index in [1.165, 1.54) is 4.90 Å². The van der Waals surface area contributed by atoms with E-state index in [0.717, 1.165) is 20.7 Å². The second kappa shape index (κ2) is 5.29. The molecule has 0 saturated carbocycles. The van der Waals surface area contributed by atoms with E-state index >= 15 is 0 Å². The van der Waals surface area contributed by atoms with Crippen LogP contribution in [-0.2, 0) is 0 Å². The van der Waals surface area contributed by atoms with Gasteiger partial charge in [0, 0.05) is 15.4 Å². The van der Waals surface area contributed by atoms with Gasteiger partial charge in [-0.05, 0) is 37.6 Å². The van der Waals surface area contributed by atoms with Gasteiger partial charge in [0.15, 0.2) is 0 Å². The third-order valence-electron chi connectivity index (χ3n) is 2.50. The van der Waals surface area contributed by atoms with Crippen molar-refractivity contribution in [3.05, 3.63) is 46.3 Å². The normalized spacial score (nSPS) is 12.7. The molecule has 1 aromatic carbocycles. The number of nitrogens with two attached hydrogens (primary N) is 1. The van der Waals surface area contributed by atoms with E-state index in [0.29, 0.717) is 0 Å². The standard InChI is InChI=1S/C13H14BrNOS/c1-8(15)11-4-3-10(7-12(11)14)17-13-5-6-16-9(13)2/h3-8H,15H2,1-2H3/t8-/m0/s1. The highest BCUT2D eigenvalue weighted by atomic mass is 79.9. The highest BCUT2D eigenvalue weighted by molar-refractivity contribution is 9.10. The number of rotatable bonds is 3. The molecule has 1 heterocycles. The fourth-order valence-corrected chi connectivity index (χ4v) is 3.32. The zero-order chi connectivity index (χ0) is 12.4. The maximum atomic E-state index is 5.87. The average molecular weight is 312 g/mol. The lowest BCUT2D eigenvalue weighted by atomic mass is 10.1. The lowest BCUT2D eigenvalue weighted by Crippen LogP contribution is -2.05. The van der Waals surface area contributed by atoms with E-state index in [1.807, 2.05) is 19.9 Å². The Hall–Kier alpha value is -0.710. The summed E-state index contributed by atoms with van der Waals surface area (Å²) in [5.74, 6) is 0.947. The Balaban J connectivity index is 2.24. The second-order valence-electron chi connectivity index (χ2n) is 3.92. The predicted octanol–water partition coefficient (Wildman–Crippen LogP) is 4.52. The van der Waals surface area contributed by atoms with E-state index in [-0.39, 0.29) is 6.04 Å². The molecule has 2 N–H and O–H groups in total. The van der Waals surface area contributed by atoms with E-state index < -0.39 is 0 Å². The zero-order valence-corrected chi connectivity index (χ0v) is 12.1. The summed E-state index contributed by atoms with van der Waals surface area (Å²) in [5.41, 5.74) is 7.00. The van der Waals surface area contributed by atoms with Gasteiger partial charge >= 0.3 is 0 Å². The first-order valence-corrected chi connectivity index (χ1v) is 6.96. The quantitative estimate of drug-likeness (QED) is 0.905. The molecule has 2 aromatic rings. The molecule has 0 radical (unpaired) electrons. The molecule has 0 unspecified atom stereocenters. The maximum absolute atomic E-state index is 5.87. The molecule has 0 bridgehead atoms. The van der Waals surface area contributed by atoms with Gasteiger partial charge in [-0.1, -0.05) is 33.8 Å². The largest absolute Gasteiger partial charge is 0.468 e. The first-order valence-electron chi connectivity index (χ1n) is 5.35. The third kappa shape index (κ3) is 2.94. The number of hydrogen-bond donors (Lipinski definition) is 1. The molecule has 0 saturated heterocycles. The van der Waals surface area contributed by atoms with Crippen LogP contribution < -0.4 is 5.73 Å². The molecule has 17 heavy (non-hydrogen) atoms. The Bertz CT molecular complexity index is 522. The molecule has 0 aliphatic heterocycles. The fraction of sp³-hybridized carbons (Fsp3) is 0.231. The highest BCUT2D eigenvalue weighted by Crippen LogP contribution is 2.34. The summed E-state index contributed by atoms with van der Waals surface area (Å²) >= 11 is 5.24. The molecule has 0 aliphatic carbocycles. The molecule has 2 rings (SSSR count). The van der Waals surface area contributed by atoms with Crippen LogP contribution in [0.25, 0.3) is 0 Å². The summed E-state index contributed by atoms with van der Waals surface area (Å²) in [7, 11) is 0. The van der Waals surface area contributed by atoms with Crippen LogP contribution in [0.2, 0.25) is 0 Å². The SMILES string of the molecule is Cc1occc1Sc1ccc([C@H](C)N)c(Br)c1. The van der Waals surface area contributed by atoms with Crippen molar-refractivity contribution in [3.63, 3.8) is 0 Å². The first-order chi connectivity index (χ1) is 8.08. The molecule has 0 spiro atoms. The van der Waals surface area contributed by atoms with E-state index in [4.69, 9.17) is 10.2 Å². The molecule has 90 valence electrons. The minimum Gasteiger partial charge on any atom is -0.468 e. The third-order valence-corrected chi connectivity index (χ3v) is 4.32. The van der Waals surface area contributed by atoms with Crippen molar-refractivity contribution in [2.75, 3.05) is 0 Å². The summed E-state index contributed by atoms with van der Waals surface area (Å²) < 4.78 is 6.33. The Morgan fingerprint density at radius 3 is 2.65 bits per heavy atom. The summed E-state index contributed by atoms with van der Waals surface area (Å²) in [6.07, 6.45) is 1.71. The van der Waals surface area contributed by atoms with Gasteiger partial charge < -0.3 is 10.2 Å². The van der Waals surface area contributed by atoms with Crippen molar-refractivity contribution in [1.82, 2.24) is 0 Å². The Morgan fingerprint density at radius 2 is 2.12 bits per heavy atom. The van der Waals surface area contributed by atoms with Crippen LogP contribution in [0.1, 0.15) is 24.3 Å². The lowest BCUT2D eigenvalue weighted by molar-refractivity contribution is 0.527. The summed E-state index contributed by atoms with van der Waals surface area (Å²) in [5, 5.41) is 0. The van der Waals surface area contributed by atoms with Crippen LogP contribution in [0.4, 0.5) is 0 Å². The molecule has 0 aliphatic rings. The number of hydrogen-bond acceptors (Lipinski definition) is 3.